The lowest BCUT2D eigenvalue weighted by Crippen LogP contribution is -2.21. The van der Waals surface area contributed by atoms with Gasteiger partial charge < -0.3 is 10.8 Å². The normalized spacial score (nSPS) is 11.9. The quantitative estimate of drug-likeness (QED) is 0.837. The van der Waals surface area contributed by atoms with Crippen LogP contribution >= 0.6 is 0 Å². The third-order valence-corrected chi connectivity index (χ3v) is 2.41. The molecule has 0 aliphatic heterocycles. The second-order valence-corrected chi connectivity index (χ2v) is 3.57. The number of halogens is 5. The lowest BCUT2D eigenvalue weighted by Gasteiger charge is -2.17. The summed E-state index contributed by atoms with van der Waals surface area (Å²) in [6.45, 7) is 1.31. The van der Waals surface area contributed by atoms with Gasteiger partial charge in [-0.2, -0.15) is 13.2 Å². The zero-order chi connectivity index (χ0) is 15.0. The molecule has 0 fully saturated rings. The van der Waals surface area contributed by atoms with E-state index in [2.05, 4.69) is 4.98 Å². The monoisotopic (exact) mass is 284 g/mol. The molecule has 106 valence electrons. The maximum atomic E-state index is 12.7. The highest BCUT2D eigenvalue weighted by atomic mass is 19.4. The van der Waals surface area contributed by atoms with Crippen LogP contribution in [-0.2, 0) is 12.6 Å². The molecule has 0 saturated carbocycles. The predicted octanol–water partition coefficient (Wildman–Crippen LogP) is 2.88. The van der Waals surface area contributed by atoms with Crippen LogP contribution in [0.2, 0.25) is 0 Å². The fourth-order valence-electron chi connectivity index (χ4n) is 1.64. The lowest BCUT2D eigenvalue weighted by atomic mass is 10.00. The molecular formula is C10H9F5N2O2. The number of hydrogen-bond donors (Lipinski definition) is 2. The van der Waals surface area contributed by atoms with Crippen molar-refractivity contribution >= 4 is 11.7 Å². The SMILES string of the molecule is CCc1c(N)c(C(F)F)nc(C(F)(F)F)c1C(=O)O. The van der Waals surface area contributed by atoms with Crippen LogP contribution < -0.4 is 5.73 Å². The second kappa shape index (κ2) is 4.98. The number of aromatic carboxylic acids is 1. The molecule has 0 atom stereocenters. The maximum Gasteiger partial charge on any atom is 0.434 e. The summed E-state index contributed by atoms with van der Waals surface area (Å²) in [5.74, 6) is -1.91. The van der Waals surface area contributed by atoms with E-state index in [9.17, 15) is 26.7 Å². The first-order valence-corrected chi connectivity index (χ1v) is 5.02. The van der Waals surface area contributed by atoms with Gasteiger partial charge in [-0.1, -0.05) is 6.92 Å². The summed E-state index contributed by atoms with van der Waals surface area (Å²) in [6.07, 6.45) is -8.72. The Labute approximate surface area is 104 Å². The second-order valence-electron chi connectivity index (χ2n) is 3.57. The summed E-state index contributed by atoms with van der Waals surface area (Å²) < 4.78 is 63.2. The van der Waals surface area contributed by atoms with Gasteiger partial charge in [0, 0.05) is 0 Å². The Morgan fingerprint density at radius 1 is 1.42 bits per heavy atom. The fraction of sp³-hybridized carbons (Fsp3) is 0.400. The number of rotatable bonds is 3. The van der Waals surface area contributed by atoms with Gasteiger partial charge in [-0.15, -0.1) is 0 Å². The number of carboxylic acid groups (broad SMARTS) is 1. The highest BCUT2D eigenvalue weighted by molar-refractivity contribution is 5.93. The van der Waals surface area contributed by atoms with E-state index in [1.165, 1.54) is 6.92 Å². The Bertz CT molecular complexity index is 514. The fourth-order valence-corrected chi connectivity index (χ4v) is 1.64. The summed E-state index contributed by atoms with van der Waals surface area (Å²) in [5.41, 5.74) is -0.241. The molecule has 0 unspecified atom stereocenters. The molecule has 1 rings (SSSR count). The summed E-state index contributed by atoms with van der Waals surface area (Å²) in [4.78, 5) is 13.6. The number of pyridine rings is 1. The minimum Gasteiger partial charge on any atom is -0.478 e. The van der Waals surface area contributed by atoms with Crippen molar-refractivity contribution in [3.63, 3.8) is 0 Å². The number of aromatic nitrogens is 1. The molecule has 9 heteroatoms. The Balaban J connectivity index is 3.79. The van der Waals surface area contributed by atoms with E-state index in [-0.39, 0.29) is 6.42 Å². The molecular weight excluding hydrogens is 275 g/mol. The Morgan fingerprint density at radius 3 is 2.26 bits per heavy atom. The van der Waals surface area contributed by atoms with Crippen molar-refractivity contribution in [2.45, 2.75) is 25.9 Å². The Hall–Kier alpha value is -1.93. The van der Waals surface area contributed by atoms with E-state index >= 15 is 0 Å². The van der Waals surface area contributed by atoms with Crippen molar-refractivity contribution in [1.82, 2.24) is 4.98 Å². The van der Waals surface area contributed by atoms with Crippen LogP contribution in [-0.4, -0.2) is 16.1 Å². The number of carboxylic acids is 1. The van der Waals surface area contributed by atoms with Gasteiger partial charge in [0.2, 0.25) is 0 Å². The van der Waals surface area contributed by atoms with Crippen molar-refractivity contribution in [2.24, 2.45) is 0 Å². The number of alkyl halides is 5. The van der Waals surface area contributed by atoms with Gasteiger partial charge in [0.25, 0.3) is 6.43 Å². The van der Waals surface area contributed by atoms with Crippen molar-refractivity contribution < 1.29 is 31.9 Å². The van der Waals surface area contributed by atoms with E-state index < -0.39 is 46.8 Å². The molecule has 0 aliphatic rings. The molecule has 0 bridgehead atoms. The van der Waals surface area contributed by atoms with Gasteiger partial charge in [0.05, 0.1) is 11.3 Å². The van der Waals surface area contributed by atoms with Crippen molar-refractivity contribution in [3.05, 3.63) is 22.5 Å². The zero-order valence-corrected chi connectivity index (χ0v) is 9.55. The minimum absolute atomic E-state index is 0.237. The van der Waals surface area contributed by atoms with E-state index in [0.29, 0.717) is 0 Å². The molecule has 1 heterocycles. The van der Waals surface area contributed by atoms with Crippen LogP contribution in [0.4, 0.5) is 27.6 Å². The minimum atomic E-state index is -5.16. The van der Waals surface area contributed by atoms with Gasteiger partial charge >= 0.3 is 12.1 Å². The lowest BCUT2D eigenvalue weighted by molar-refractivity contribution is -0.142. The smallest absolute Gasteiger partial charge is 0.434 e. The molecule has 4 nitrogen and oxygen atoms in total. The average molecular weight is 284 g/mol. The van der Waals surface area contributed by atoms with Crippen LogP contribution in [0.25, 0.3) is 0 Å². The van der Waals surface area contributed by atoms with Crippen LogP contribution in [0.5, 0.6) is 0 Å². The van der Waals surface area contributed by atoms with Crippen molar-refractivity contribution in [2.75, 3.05) is 5.73 Å². The first-order valence-electron chi connectivity index (χ1n) is 5.02. The maximum absolute atomic E-state index is 12.7. The molecule has 0 aliphatic carbocycles. The van der Waals surface area contributed by atoms with Crippen LogP contribution in [0.15, 0.2) is 0 Å². The Morgan fingerprint density at radius 2 is 1.95 bits per heavy atom. The number of carbonyl (C=O) groups is 1. The highest BCUT2D eigenvalue weighted by Gasteiger charge is 2.40. The van der Waals surface area contributed by atoms with Gasteiger partial charge in [-0.25, -0.2) is 18.6 Å². The van der Waals surface area contributed by atoms with Crippen LogP contribution in [0.3, 0.4) is 0 Å². The molecule has 1 aromatic rings. The molecule has 0 radical (unpaired) electrons. The van der Waals surface area contributed by atoms with E-state index in [1.54, 1.807) is 0 Å². The van der Waals surface area contributed by atoms with Crippen molar-refractivity contribution in [3.8, 4) is 0 Å². The zero-order valence-electron chi connectivity index (χ0n) is 9.55. The molecule has 0 saturated heterocycles. The number of nitrogen functional groups attached to an aromatic ring is 1. The third-order valence-electron chi connectivity index (χ3n) is 2.41. The average Bonchev–Trinajstić information content (AvgIpc) is 2.25. The molecule has 0 aromatic carbocycles. The first-order chi connectivity index (χ1) is 8.61. The molecule has 3 N–H and O–H groups in total. The summed E-state index contributed by atoms with van der Waals surface area (Å²) in [6, 6.07) is 0. The third kappa shape index (κ3) is 2.74. The standard InChI is InChI=1S/C10H9F5N2O2/c1-2-3-4(9(18)19)7(10(13,14)15)17-6(5(3)16)8(11)12/h8H,2,16H2,1H3,(H,18,19). The highest BCUT2D eigenvalue weighted by Crippen LogP contribution is 2.37. The van der Waals surface area contributed by atoms with Crippen LogP contribution in [0, 0.1) is 0 Å². The molecule has 0 amide bonds. The van der Waals surface area contributed by atoms with E-state index in [1.807, 2.05) is 0 Å². The summed E-state index contributed by atoms with van der Waals surface area (Å²) in [7, 11) is 0. The van der Waals surface area contributed by atoms with E-state index in [4.69, 9.17) is 10.8 Å². The van der Waals surface area contributed by atoms with E-state index in [0.717, 1.165) is 0 Å². The molecule has 19 heavy (non-hydrogen) atoms. The summed E-state index contributed by atoms with van der Waals surface area (Å²) in [5, 5.41) is 8.81. The summed E-state index contributed by atoms with van der Waals surface area (Å²) >= 11 is 0. The predicted molar refractivity (Wildman–Crippen MR) is 54.9 cm³/mol. The molecule has 0 spiro atoms. The van der Waals surface area contributed by atoms with Gasteiger partial charge in [-0.3, -0.25) is 0 Å². The number of hydrogen-bond acceptors (Lipinski definition) is 3. The topological polar surface area (TPSA) is 76.2 Å². The van der Waals surface area contributed by atoms with Gasteiger partial charge in [0.15, 0.2) is 5.69 Å². The largest absolute Gasteiger partial charge is 0.478 e. The first kappa shape index (κ1) is 15.1. The number of nitrogens with zero attached hydrogens (tertiary/aromatic N) is 1. The van der Waals surface area contributed by atoms with Crippen molar-refractivity contribution in [1.29, 1.82) is 0 Å². The van der Waals surface area contributed by atoms with Crippen LogP contribution in [0.1, 0.15) is 40.7 Å². The number of anilines is 1. The Kier molecular flexibility index (Phi) is 3.97. The molecule has 1 aromatic heterocycles. The van der Waals surface area contributed by atoms with Gasteiger partial charge in [-0.05, 0) is 12.0 Å². The van der Waals surface area contributed by atoms with Gasteiger partial charge in [0.1, 0.15) is 5.69 Å². The number of nitrogens with two attached hydrogens (primary N) is 1.